The van der Waals surface area contributed by atoms with Gasteiger partial charge in [0.15, 0.2) is 5.75 Å². The van der Waals surface area contributed by atoms with E-state index in [1.54, 1.807) is 6.26 Å². The molecule has 4 nitrogen and oxygen atoms in total. The Morgan fingerprint density at radius 3 is 2.89 bits per heavy atom. The number of ether oxygens (including phenoxy) is 2. The largest absolute Gasteiger partial charge is 0.488 e. The van der Waals surface area contributed by atoms with Gasteiger partial charge in [-0.25, -0.2) is 0 Å². The lowest BCUT2D eigenvalue weighted by Crippen LogP contribution is -2.38. The molecule has 18 heavy (non-hydrogen) atoms. The van der Waals surface area contributed by atoms with Crippen LogP contribution >= 0.6 is 0 Å². The van der Waals surface area contributed by atoms with Crippen LogP contribution in [0, 0.1) is 0 Å². The van der Waals surface area contributed by atoms with Gasteiger partial charge in [0.05, 0.1) is 18.6 Å². The topological polar surface area (TPSA) is 34.8 Å². The molecule has 1 aliphatic rings. The molecule has 0 saturated carbocycles. The molecule has 0 amide bonds. The first-order valence-electron chi connectivity index (χ1n) is 6.32. The first-order chi connectivity index (χ1) is 8.93. The van der Waals surface area contributed by atoms with Crippen LogP contribution in [0.25, 0.3) is 11.0 Å². The number of rotatable bonds is 4. The zero-order valence-corrected chi connectivity index (χ0v) is 10.3. The van der Waals surface area contributed by atoms with Crippen molar-refractivity contribution in [3.63, 3.8) is 0 Å². The van der Waals surface area contributed by atoms with Gasteiger partial charge in [-0.2, -0.15) is 0 Å². The molecule has 3 rings (SSSR count). The summed E-state index contributed by atoms with van der Waals surface area (Å²) in [6, 6.07) is 7.92. The van der Waals surface area contributed by atoms with Crippen molar-refractivity contribution < 1.29 is 13.9 Å². The minimum atomic E-state index is 0.684. The smallest absolute Gasteiger partial charge is 0.165 e. The van der Waals surface area contributed by atoms with E-state index in [2.05, 4.69) is 4.90 Å². The fourth-order valence-corrected chi connectivity index (χ4v) is 2.17. The average molecular weight is 247 g/mol. The Morgan fingerprint density at radius 2 is 2.00 bits per heavy atom. The van der Waals surface area contributed by atoms with Crippen LogP contribution in [0.5, 0.6) is 5.75 Å². The number of morpholine rings is 1. The van der Waals surface area contributed by atoms with Gasteiger partial charge in [-0.15, -0.1) is 0 Å². The van der Waals surface area contributed by atoms with Crippen LogP contribution < -0.4 is 4.74 Å². The highest BCUT2D eigenvalue weighted by molar-refractivity contribution is 5.83. The molecule has 1 aliphatic heterocycles. The predicted molar refractivity (Wildman–Crippen MR) is 69.0 cm³/mol. The minimum absolute atomic E-state index is 0.684. The van der Waals surface area contributed by atoms with Crippen LogP contribution in [0.15, 0.2) is 34.9 Å². The van der Waals surface area contributed by atoms with Gasteiger partial charge >= 0.3 is 0 Å². The summed E-state index contributed by atoms with van der Waals surface area (Å²) in [5.41, 5.74) is 0.874. The van der Waals surface area contributed by atoms with Gasteiger partial charge in [-0.1, -0.05) is 12.1 Å². The standard InChI is InChI=1S/C14H17NO3/c1-2-4-13-12(3-1)14(11-18-13)17-10-7-15-5-8-16-9-6-15/h1-4,11H,5-10H2. The number of para-hydroxylation sites is 1. The van der Waals surface area contributed by atoms with Crippen molar-refractivity contribution in [1.29, 1.82) is 0 Å². The molecule has 96 valence electrons. The van der Waals surface area contributed by atoms with Gasteiger partial charge in [0.25, 0.3) is 0 Å². The Labute approximate surface area is 106 Å². The van der Waals surface area contributed by atoms with Gasteiger partial charge in [-0.05, 0) is 12.1 Å². The van der Waals surface area contributed by atoms with Gasteiger partial charge in [-0.3, -0.25) is 4.90 Å². The van der Waals surface area contributed by atoms with Crippen molar-refractivity contribution in [2.75, 3.05) is 39.5 Å². The van der Waals surface area contributed by atoms with E-state index in [0.717, 1.165) is 49.6 Å². The van der Waals surface area contributed by atoms with Crippen LogP contribution in [-0.2, 0) is 4.74 Å². The first-order valence-corrected chi connectivity index (χ1v) is 6.32. The number of hydrogen-bond acceptors (Lipinski definition) is 4. The third-order valence-corrected chi connectivity index (χ3v) is 3.21. The lowest BCUT2D eigenvalue weighted by Gasteiger charge is -2.26. The molecule has 0 atom stereocenters. The molecule has 1 fully saturated rings. The molecule has 1 aromatic heterocycles. The second kappa shape index (κ2) is 5.42. The maximum absolute atomic E-state index is 5.79. The Morgan fingerprint density at radius 1 is 1.17 bits per heavy atom. The highest BCUT2D eigenvalue weighted by Crippen LogP contribution is 2.27. The van der Waals surface area contributed by atoms with E-state index >= 15 is 0 Å². The highest BCUT2D eigenvalue weighted by Gasteiger charge is 2.11. The number of benzene rings is 1. The molecule has 0 radical (unpaired) electrons. The summed E-state index contributed by atoms with van der Waals surface area (Å²) in [5, 5.41) is 1.04. The van der Waals surface area contributed by atoms with Gasteiger partial charge in [0.1, 0.15) is 18.5 Å². The van der Waals surface area contributed by atoms with Crippen molar-refractivity contribution in [2.45, 2.75) is 0 Å². The molecule has 0 N–H and O–H groups in total. The zero-order chi connectivity index (χ0) is 12.2. The highest BCUT2D eigenvalue weighted by atomic mass is 16.5. The summed E-state index contributed by atoms with van der Waals surface area (Å²) in [7, 11) is 0. The summed E-state index contributed by atoms with van der Waals surface area (Å²) >= 11 is 0. The van der Waals surface area contributed by atoms with Crippen molar-refractivity contribution in [3.8, 4) is 5.75 Å². The molecule has 0 aliphatic carbocycles. The van der Waals surface area contributed by atoms with Crippen LogP contribution in [0.4, 0.5) is 0 Å². The van der Waals surface area contributed by atoms with Crippen LogP contribution in [0.3, 0.4) is 0 Å². The number of furan rings is 1. The Kier molecular flexibility index (Phi) is 3.48. The van der Waals surface area contributed by atoms with E-state index in [9.17, 15) is 0 Å². The Balaban J connectivity index is 1.56. The molecule has 2 heterocycles. The Bertz CT molecular complexity index is 502. The summed E-state index contributed by atoms with van der Waals surface area (Å²) in [5.74, 6) is 0.832. The molecular weight excluding hydrogens is 230 g/mol. The van der Waals surface area contributed by atoms with Gasteiger partial charge < -0.3 is 13.9 Å². The zero-order valence-electron chi connectivity index (χ0n) is 10.3. The SMILES string of the molecule is c1ccc2c(OCCN3CCOCC3)coc2c1. The van der Waals surface area contributed by atoms with E-state index in [1.807, 2.05) is 24.3 Å². The second-order valence-electron chi connectivity index (χ2n) is 4.40. The van der Waals surface area contributed by atoms with Crippen molar-refractivity contribution in [2.24, 2.45) is 0 Å². The Hall–Kier alpha value is -1.52. The molecule has 2 aromatic rings. The van der Waals surface area contributed by atoms with E-state index < -0.39 is 0 Å². The molecule has 0 bridgehead atoms. The van der Waals surface area contributed by atoms with Crippen molar-refractivity contribution >= 4 is 11.0 Å². The molecule has 1 aromatic carbocycles. The van der Waals surface area contributed by atoms with Crippen molar-refractivity contribution in [1.82, 2.24) is 4.90 Å². The van der Waals surface area contributed by atoms with E-state index in [0.29, 0.717) is 6.61 Å². The lowest BCUT2D eigenvalue weighted by atomic mass is 10.2. The summed E-state index contributed by atoms with van der Waals surface area (Å²) < 4.78 is 16.5. The van der Waals surface area contributed by atoms with E-state index in [4.69, 9.17) is 13.9 Å². The predicted octanol–water partition coefficient (Wildman–Crippen LogP) is 2.14. The monoisotopic (exact) mass is 247 g/mol. The third kappa shape index (κ3) is 2.49. The average Bonchev–Trinajstić information content (AvgIpc) is 2.84. The maximum atomic E-state index is 5.79. The molecule has 0 spiro atoms. The van der Waals surface area contributed by atoms with Gasteiger partial charge in [0, 0.05) is 19.6 Å². The summed E-state index contributed by atoms with van der Waals surface area (Å²) in [4.78, 5) is 2.35. The third-order valence-electron chi connectivity index (χ3n) is 3.21. The van der Waals surface area contributed by atoms with E-state index in [-0.39, 0.29) is 0 Å². The fourth-order valence-electron chi connectivity index (χ4n) is 2.17. The first kappa shape index (κ1) is 11.6. The summed E-state index contributed by atoms with van der Waals surface area (Å²) in [6.07, 6.45) is 1.68. The summed E-state index contributed by atoms with van der Waals surface area (Å²) in [6.45, 7) is 5.26. The molecule has 1 saturated heterocycles. The number of nitrogens with zero attached hydrogens (tertiary/aromatic N) is 1. The second-order valence-corrected chi connectivity index (χ2v) is 4.40. The van der Waals surface area contributed by atoms with Crippen LogP contribution in [-0.4, -0.2) is 44.4 Å². The van der Waals surface area contributed by atoms with Crippen LogP contribution in [0.2, 0.25) is 0 Å². The number of hydrogen-bond donors (Lipinski definition) is 0. The van der Waals surface area contributed by atoms with Gasteiger partial charge in [0.2, 0.25) is 0 Å². The quantitative estimate of drug-likeness (QED) is 0.829. The molecule has 4 heteroatoms. The normalized spacial score (nSPS) is 17.1. The minimum Gasteiger partial charge on any atom is -0.488 e. The number of fused-ring (bicyclic) bond motifs is 1. The molecule has 0 unspecified atom stereocenters. The van der Waals surface area contributed by atoms with E-state index in [1.165, 1.54) is 0 Å². The molecular formula is C14H17NO3. The van der Waals surface area contributed by atoms with Crippen molar-refractivity contribution in [3.05, 3.63) is 30.5 Å². The maximum Gasteiger partial charge on any atom is 0.165 e. The lowest BCUT2D eigenvalue weighted by molar-refractivity contribution is 0.0323. The fraction of sp³-hybridized carbons (Fsp3) is 0.429. The van der Waals surface area contributed by atoms with Crippen LogP contribution in [0.1, 0.15) is 0 Å².